The zero-order valence-corrected chi connectivity index (χ0v) is 14.3. The van der Waals surface area contributed by atoms with E-state index in [0.717, 1.165) is 23.4 Å². The van der Waals surface area contributed by atoms with Gasteiger partial charge < -0.3 is 9.88 Å². The van der Waals surface area contributed by atoms with Gasteiger partial charge in [-0.15, -0.1) is 0 Å². The summed E-state index contributed by atoms with van der Waals surface area (Å²) in [5.74, 6) is 0.816. The first-order valence-electron chi connectivity index (χ1n) is 8.53. The van der Waals surface area contributed by atoms with Crippen molar-refractivity contribution in [3.8, 4) is 11.4 Å². The first-order valence-corrected chi connectivity index (χ1v) is 8.53. The summed E-state index contributed by atoms with van der Waals surface area (Å²) in [6.07, 6.45) is 8.00. The third-order valence-corrected chi connectivity index (χ3v) is 4.21. The van der Waals surface area contributed by atoms with Crippen LogP contribution in [0.4, 0.5) is 0 Å². The topological polar surface area (TPSA) is 59.8 Å². The van der Waals surface area contributed by atoms with Gasteiger partial charge in [0.05, 0.1) is 5.92 Å². The van der Waals surface area contributed by atoms with E-state index in [1.54, 1.807) is 18.6 Å². The fourth-order valence-electron chi connectivity index (χ4n) is 2.93. The Morgan fingerprint density at radius 2 is 2.00 bits per heavy atom. The maximum Gasteiger partial charge on any atom is 0.227 e. The normalized spacial score (nSPS) is 11.9. The van der Waals surface area contributed by atoms with Gasteiger partial charge >= 0.3 is 0 Å². The van der Waals surface area contributed by atoms with Crippen molar-refractivity contribution in [2.75, 3.05) is 6.54 Å². The van der Waals surface area contributed by atoms with Crippen LogP contribution in [0.3, 0.4) is 0 Å². The highest BCUT2D eigenvalue weighted by molar-refractivity contribution is 5.83. The first kappa shape index (κ1) is 16.9. The number of rotatable bonds is 7. The zero-order valence-electron chi connectivity index (χ0n) is 14.3. The minimum atomic E-state index is -0.109. The van der Waals surface area contributed by atoms with E-state index in [0.29, 0.717) is 13.1 Å². The molecular formula is C20H22N4O. The summed E-state index contributed by atoms with van der Waals surface area (Å²) in [5.41, 5.74) is 2.02. The maximum absolute atomic E-state index is 12.5. The number of nitrogens with one attached hydrogen (secondary N) is 1. The number of hydrogen-bond acceptors (Lipinski definition) is 3. The number of aromatic nitrogens is 3. The Bertz CT molecular complexity index is 799. The molecule has 0 radical (unpaired) electrons. The maximum atomic E-state index is 12.5. The molecule has 0 saturated carbocycles. The van der Waals surface area contributed by atoms with Crippen molar-refractivity contribution in [3.05, 3.63) is 72.8 Å². The van der Waals surface area contributed by atoms with Gasteiger partial charge in [0, 0.05) is 43.4 Å². The summed E-state index contributed by atoms with van der Waals surface area (Å²) in [5, 5.41) is 3.05. The Kier molecular flexibility index (Phi) is 5.57. The van der Waals surface area contributed by atoms with E-state index in [1.807, 2.05) is 60.2 Å². The molecule has 0 unspecified atom stereocenters. The zero-order chi connectivity index (χ0) is 17.5. The van der Waals surface area contributed by atoms with Gasteiger partial charge in [-0.1, -0.05) is 37.3 Å². The van der Waals surface area contributed by atoms with Crippen LogP contribution in [0, 0.1) is 0 Å². The van der Waals surface area contributed by atoms with Crippen molar-refractivity contribution in [1.82, 2.24) is 19.9 Å². The van der Waals surface area contributed by atoms with Crippen molar-refractivity contribution < 1.29 is 4.79 Å². The second kappa shape index (κ2) is 8.24. The molecule has 1 aromatic carbocycles. The number of amides is 1. The molecule has 3 rings (SSSR count). The fraction of sp³-hybridized carbons (Fsp3) is 0.250. The summed E-state index contributed by atoms with van der Waals surface area (Å²) in [4.78, 5) is 21.0. The standard InChI is InChI=1S/C20H22N4O/c1-2-18(16-7-4-3-5-8-16)20(25)23-12-14-24-13-11-22-19(24)17-9-6-10-21-15-17/h3-11,13,15,18H,2,12,14H2,1H3,(H,23,25)/t18-/m0/s1. The summed E-state index contributed by atoms with van der Waals surface area (Å²) in [7, 11) is 0. The SMILES string of the molecule is CC[C@H](C(=O)NCCn1ccnc1-c1cccnc1)c1ccccc1. The Hall–Kier alpha value is -2.95. The van der Waals surface area contributed by atoms with Crippen molar-refractivity contribution >= 4 is 5.91 Å². The van der Waals surface area contributed by atoms with E-state index in [2.05, 4.69) is 15.3 Å². The van der Waals surface area contributed by atoms with Crippen LogP contribution in [0.1, 0.15) is 24.8 Å². The highest BCUT2D eigenvalue weighted by atomic mass is 16.1. The Morgan fingerprint density at radius 1 is 1.16 bits per heavy atom. The van der Waals surface area contributed by atoms with E-state index >= 15 is 0 Å². The van der Waals surface area contributed by atoms with Gasteiger partial charge in [-0.25, -0.2) is 4.98 Å². The molecule has 2 heterocycles. The van der Waals surface area contributed by atoms with Gasteiger partial charge in [-0.2, -0.15) is 0 Å². The lowest BCUT2D eigenvalue weighted by molar-refractivity contribution is -0.122. The second-order valence-electron chi connectivity index (χ2n) is 5.85. The predicted molar refractivity (Wildman–Crippen MR) is 97.9 cm³/mol. The van der Waals surface area contributed by atoms with Crippen LogP contribution in [0.5, 0.6) is 0 Å². The third-order valence-electron chi connectivity index (χ3n) is 4.21. The predicted octanol–water partition coefficient (Wildman–Crippen LogP) is 3.26. The van der Waals surface area contributed by atoms with Crippen molar-refractivity contribution in [2.45, 2.75) is 25.8 Å². The molecule has 1 atom stereocenters. The lowest BCUT2D eigenvalue weighted by atomic mass is 9.96. The lowest BCUT2D eigenvalue weighted by Crippen LogP contribution is -2.31. The monoisotopic (exact) mass is 334 g/mol. The molecule has 5 nitrogen and oxygen atoms in total. The molecule has 0 aliphatic carbocycles. The van der Waals surface area contributed by atoms with Crippen molar-refractivity contribution in [2.24, 2.45) is 0 Å². The third kappa shape index (κ3) is 4.12. The number of carbonyl (C=O) groups excluding carboxylic acids is 1. The molecule has 1 N–H and O–H groups in total. The van der Waals surface area contributed by atoms with Crippen LogP contribution in [0.15, 0.2) is 67.3 Å². The molecule has 25 heavy (non-hydrogen) atoms. The van der Waals surface area contributed by atoms with E-state index in [9.17, 15) is 4.79 Å². The molecule has 0 saturated heterocycles. The van der Waals surface area contributed by atoms with Gasteiger partial charge in [-0.3, -0.25) is 9.78 Å². The van der Waals surface area contributed by atoms with E-state index in [4.69, 9.17) is 0 Å². The average molecular weight is 334 g/mol. The van der Waals surface area contributed by atoms with Crippen LogP contribution < -0.4 is 5.32 Å². The molecule has 0 fully saturated rings. The number of carbonyl (C=O) groups is 1. The number of benzene rings is 1. The number of nitrogens with zero attached hydrogens (tertiary/aromatic N) is 3. The summed E-state index contributed by atoms with van der Waals surface area (Å²) in [6.45, 7) is 3.26. The van der Waals surface area contributed by atoms with Crippen LogP contribution >= 0.6 is 0 Å². The van der Waals surface area contributed by atoms with Gasteiger partial charge in [-0.05, 0) is 24.1 Å². The first-order chi connectivity index (χ1) is 12.3. The summed E-state index contributed by atoms with van der Waals surface area (Å²) >= 11 is 0. The minimum Gasteiger partial charge on any atom is -0.354 e. The quantitative estimate of drug-likeness (QED) is 0.721. The Morgan fingerprint density at radius 3 is 2.72 bits per heavy atom. The number of imidazole rings is 1. The van der Waals surface area contributed by atoms with E-state index < -0.39 is 0 Å². The van der Waals surface area contributed by atoms with Crippen LogP contribution in [0.2, 0.25) is 0 Å². The fourth-order valence-corrected chi connectivity index (χ4v) is 2.93. The van der Waals surface area contributed by atoms with Crippen molar-refractivity contribution in [3.63, 3.8) is 0 Å². The molecule has 1 amide bonds. The van der Waals surface area contributed by atoms with Gasteiger partial charge in [0.15, 0.2) is 0 Å². The summed E-state index contributed by atoms with van der Waals surface area (Å²) < 4.78 is 2.03. The van der Waals surface area contributed by atoms with Crippen LogP contribution in [-0.4, -0.2) is 27.0 Å². The lowest BCUT2D eigenvalue weighted by Gasteiger charge is -2.16. The van der Waals surface area contributed by atoms with E-state index in [-0.39, 0.29) is 11.8 Å². The summed E-state index contributed by atoms with van der Waals surface area (Å²) in [6, 6.07) is 13.8. The molecular weight excluding hydrogens is 312 g/mol. The molecule has 2 aromatic heterocycles. The van der Waals surface area contributed by atoms with Crippen LogP contribution in [0.25, 0.3) is 11.4 Å². The number of pyridine rings is 1. The molecule has 0 aliphatic rings. The molecule has 5 heteroatoms. The average Bonchev–Trinajstić information content (AvgIpc) is 3.12. The smallest absolute Gasteiger partial charge is 0.227 e. The minimum absolute atomic E-state index is 0.0664. The number of hydrogen-bond donors (Lipinski definition) is 1. The molecule has 0 aliphatic heterocycles. The molecule has 128 valence electrons. The van der Waals surface area contributed by atoms with Crippen LogP contribution in [-0.2, 0) is 11.3 Å². The Labute approximate surface area is 147 Å². The van der Waals surface area contributed by atoms with Gasteiger partial charge in [0.2, 0.25) is 5.91 Å². The van der Waals surface area contributed by atoms with Crippen molar-refractivity contribution in [1.29, 1.82) is 0 Å². The highest BCUT2D eigenvalue weighted by Gasteiger charge is 2.17. The molecule has 3 aromatic rings. The van der Waals surface area contributed by atoms with Gasteiger partial charge in [0.25, 0.3) is 0 Å². The molecule has 0 bridgehead atoms. The van der Waals surface area contributed by atoms with E-state index in [1.165, 1.54) is 0 Å². The molecule has 0 spiro atoms. The second-order valence-corrected chi connectivity index (χ2v) is 5.85. The van der Waals surface area contributed by atoms with Gasteiger partial charge in [0.1, 0.15) is 5.82 Å². The Balaban J connectivity index is 1.60. The highest BCUT2D eigenvalue weighted by Crippen LogP contribution is 2.19. The largest absolute Gasteiger partial charge is 0.354 e.